The number of rotatable bonds is 4. The van der Waals surface area contributed by atoms with E-state index in [0.29, 0.717) is 5.92 Å². The molecule has 19 heavy (non-hydrogen) atoms. The Morgan fingerprint density at radius 2 is 2.00 bits per heavy atom. The van der Waals surface area contributed by atoms with Crippen molar-refractivity contribution in [3.8, 4) is 5.75 Å². The third-order valence-electron chi connectivity index (χ3n) is 3.91. The van der Waals surface area contributed by atoms with Crippen LogP contribution >= 0.6 is 12.4 Å². The molecule has 0 spiro atoms. The van der Waals surface area contributed by atoms with Crippen LogP contribution in [0, 0.1) is 5.92 Å². The Bertz CT molecular complexity index is 384. The van der Waals surface area contributed by atoms with Crippen LogP contribution in [0.2, 0.25) is 0 Å². The molecule has 1 saturated carbocycles. The molecule has 0 amide bonds. The summed E-state index contributed by atoms with van der Waals surface area (Å²) in [5.41, 5.74) is 1.35. The molecule has 0 unspecified atom stereocenters. The lowest BCUT2D eigenvalue weighted by Gasteiger charge is -2.33. The molecular weight excluding hydrogens is 260 g/mol. The van der Waals surface area contributed by atoms with Crippen molar-refractivity contribution in [2.24, 2.45) is 5.92 Å². The van der Waals surface area contributed by atoms with E-state index in [9.17, 15) is 0 Å². The van der Waals surface area contributed by atoms with Crippen molar-refractivity contribution in [3.05, 3.63) is 24.0 Å². The van der Waals surface area contributed by atoms with Crippen molar-refractivity contribution < 1.29 is 4.74 Å². The molecule has 4 heteroatoms. The van der Waals surface area contributed by atoms with Crippen molar-refractivity contribution >= 4 is 12.4 Å². The molecule has 0 radical (unpaired) electrons. The predicted molar refractivity (Wildman–Crippen MR) is 81.3 cm³/mol. The molecule has 1 aliphatic rings. The van der Waals surface area contributed by atoms with Crippen LogP contribution in [-0.2, 0) is 0 Å². The number of ether oxygens (including phenoxy) is 1. The van der Waals surface area contributed by atoms with Gasteiger partial charge in [-0.15, -0.1) is 12.4 Å². The van der Waals surface area contributed by atoms with Crippen LogP contribution in [-0.4, -0.2) is 37.6 Å². The maximum absolute atomic E-state index is 5.29. The molecular formula is C15H25ClN2O. The van der Waals surface area contributed by atoms with Crippen molar-refractivity contribution in [1.82, 2.24) is 9.88 Å². The zero-order valence-corrected chi connectivity index (χ0v) is 12.9. The van der Waals surface area contributed by atoms with E-state index in [-0.39, 0.29) is 12.4 Å². The van der Waals surface area contributed by atoms with Gasteiger partial charge in [0.2, 0.25) is 0 Å². The van der Waals surface area contributed by atoms with Crippen molar-refractivity contribution in [1.29, 1.82) is 0 Å². The summed E-state index contributed by atoms with van der Waals surface area (Å²) < 4.78 is 5.29. The second-order valence-corrected chi connectivity index (χ2v) is 5.57. The normalized spacial score (nSPS) is 22.9. The summed E-state index contributed by atoms with van der Waals surface area (Å²) in [6.07, 6.45) is 9.13. The first-order valence-corrected chi connectivity index (χ1v) is 6.84. The summed E-state index contributed by atoms with van der Waals surface area (Å²) in [4.78, 5) is 6.61. The zero-order valence-electron chi connectivity index (χ0n) is 12.1. The Labute approximate surface area is 122 Å². The third-order valence-corrected chi connectivity index (χ3v) is 3.91. The van der Waals surface area contributed by atoms with Crippen LogP contribution < -0.4 is 4.74 Å². The summed E-state index contributed by atoms with van der Waals surface area (Å²) in [5, 5.41) is 0. The first-order chi connectivity index (χ1) is 8.70. The molecule has 1 aliphatic carbocycles. The summed E-state index contributed by atoms with van der Waals surface area (Å²) in [5.74, 6) is 2.27. The highest BCUT2D eigenvalue weighted by atomic mass is 35.5. The van der Waals surface area contributed by atoms with E-state index < -0.39 is 0 Å². The molecule has 1 aromatic heterocycles. The molecule has 0 saturated heterocycles. The highest BCUT2D eigenvalue weighted by molar-refractivity contribution is 5.85. The van der Waals surface area contributed by atoms with Gasteiger partial charge in [-0.25, -0.2) is 0 Å². The van der Waals surface area contributed by atoms with Crippen LogP contribution in [0.1, 0.15) is 37.2 Å². The van der Waals surface area contributed by atoms with Crippen LogP contribution in [0.15, 0.2) is 18.5 Å². The quantitative estimate of drug-likeness (QED) is 0.848. The number of hydrogen-bond donors (Lipinski definition) is 0. The van der Waals surface area contributed by atoms with E-state index in [1.807, 2.05) is 6.20 Å². The minimum Gasteiger partial charge on any atom is -0.495 e. The number of halogens is 1. The van der Waals surface area contributed by atoms with E-state index in [4.69, 9.17) is 4.74 Å². The average molecular weight is 285 g/mol. The molecule has 2 atom stereocenters. The average Bonchev–Trinajstić information content (AvgIpc) is 2.39. The van der Waals surface area contributed by atoms with Crippen molar-refractivity contribution in [2.45, 2.75) is 31.6 Å². The SMILES string of the molecule is COc1cncc([C@@H]2CCCC[C@H]2CN(C)C)c1.Cl. The van der Waals surface area contributed by atoms with Gasteiger partial charge >= 0.3 is 0 Å². The van der Waals surface area contributed by atoms with E-state index in [1.54, 1.807) is 13.3 Å². The lowest BCUT2D eigenvalue weighted by molar-refractivity contribution is 0.233. The number of aromatic nitrogens is 1. The van der Waals surface area contributed by atoms with Gasteiger partial charge in [-0.05, 0) is 50.4 Å². The minimum atomic E-state index is 0. The Morgan fingerprint density at radius 3 is 2.68 bits per heavy atom. The van der Waals surface area contributed by atoms with Gasteiger partial charge in [-0.3, -0.25) is 4.98 Å². The van der Waals surface area contributed by atoms with E-state index in [2.05, 4.69) is 30.0 Å². The van der Waals surface area contributed by atoms with Crippen LogP contribution in [0.25, 0.3) is 0 Å². The summed E-state index contributed by atoms with van der Waals surface area (Å²) in [6, 6.07) is 2.16. The third kappa shape index (κ3) is 4.36. The zero-order chi connectivity index (χ0) is 13.0. The predicted octanol–water partition coefficient (Wildman–Crippen LogP) is 3.35. The maximum atomic E-state index is 5.29. The van der Waals surface area contributed by atoms with Crippen molar-refractivity contribution in [2.75, 3.05) is 27.7 Å². The van der Waals surface area contributed by atoms with Crippen LogP contribution in [0.5, 0.6) is 5.75 Å². The van der Waals surface area contributed by atoms with Crippen LogP contribution in [0.4, 0.5) is 0 Å². The van der Waals surface area contributed by atoms with Gasteiger partial charge in [0.15, 0.2) is 0 Å². The molecule has 108 valence electrons. The molecule has 0 N–H and O–H groups in total. The van der Waals surface area contributed by atoms with Gasteiger partial charge in [0.1, 0.15) is 5.75 Å². The standard InChI is InChI=1S/C15H24N2O.ClH/c1-17(2)11-12-6-4-5-7-15(12)13-8-14(18-3)10-16-9-13;/h8-10,12,15H,4-7,11H2,1-3H3;1H/t12-,15+;/m0./s1. The number of methoxy groups -OCH3 is 1. The fourth-order valence-electron chi connectivity index (χ4n) is 3.08. The lowest BCUT2D eigenvalue weighted by Crippen LogP contribution is -2.29. The first kappa shape index (κ1) is 16.3. The topological polar surface area (TPSA) is 25.4 Å². The molecule has 1 aromatic rings. The van der Waals surface area contributed by atoms with Gasteiger partial charge in [0.25, 0.3) is 0 Å². The second kappa shape index (κ2) is 7.71. The lowest BCUT2D eigenvalue weighted by atomic mass is 9.75. The maximum Gasteiger partial charge on any atom is 0.137 e. The Kier molecular flexibility index (Phi) is 6.59. The fraction of sp³-hybridized carbons (Fsp3) is 0.667. The number of hydrogen-bond acceptors (Lipinski definition) is 3. The molecule has 0 aliphatic heterocycles. The summed E-state index contributed by atoms with van der Waals surface area (Å²) in [7, 11) is 6.03. The van der Waals surface area contributed by atoms with Gasteiger partial charge in [-0.2, -0.15) is 0 Å². The summed E-state index contributed by atoms with van der Waals surface area (Å²) in [6.45, 7) is 1.17. The number of nitrogens with zero attached hydrogens (tertiary/aromatic N) is 2. The molecule has 2 rings (SSSR count). The fourth-order valence-corrected chi connectivity index (χ4v) is 3.08. The van der Waals surface area contributed by atoms with E-state index in [1.165, 1.54) is 37.8 Å². The highest BCUT2D eigenvalue weighted by Crippen LogP contribution is 2.38. The Balaban J connectivity index is 0.00000180. The van der Waals surface area contributed by atoms with Gasteiger partial charge in [-0.1, -0.05) is 12.8 Å². The second-order valence-electron chi connectivity index (χ2n) is 5.57. The smallest absolute Gasteiger partial charge is 0.137 e. The van der Waals surface area contributed by atoms with Gasteiger partial charge < -0.3 is 9.64 Å². The Hall–Kier alpha value is -0.800. The van der Waals surface area contributed by atoms with E-state index >= 15 is 0 Å². The van der Waals surface area contributed by atoms with Gasteiger partial charge in [0, 0.05) is 12.7 Å². The summed E-state index contributed by atoms with van der Waals surface area (Å²) >= 11 is 0. The van der Waals surface area contributed by atoms with Crippen molar-refractivity contribution in [3.63, 3.8) is 0 Å². The molecule has 3 nitrogen and oxygen atoms in total. The minimum absolute atomic E-state index is 0. The van der Waals surface area contributed by atoms with E-state index in [0.717, 1.165) is 11.7 Å². The Morgan fingerprint density at radius 1 is 1.26 bits per heavy atom. The van der Waals surface area contributed by atoms with Crippen LogP contribution in [0.3, 0.4) is 0 Å². The highest BCUT2D eigenvalue weighted by Gasteiger charge is 2.27. The molecule has 0 aromatic carbocycles. The van der Waals surface area contributed by atoms with Gasteiger partial charge in [0.05, 0.1) is 13.3 Å². The largest absolute Gasteiger partial charge is 0.495 e. The first-order valence-electron chi connectivity index (χ1n) is 6.84. The molecule has 1 heterocycles. The molecule has 1 fully saturated rings. The molecule has 0 bridgehead atoms. The monoisotopic (exact) mass is 284 g/mol. The number of pyridine rings is 1.